The van der Waals surface area contributed by atoms with Crippen molar-refractivity contribution < 1.29 is 29.3 Å². The first-order valence-electron chi connectivity index (χ1n) is 13.3. The van der Waals surface area contributed by atoms with Crippen molar-refractivity contribution in [1.29, 1.82) is 0 Å². The molecule has 204 valence electrons. The Hall–Kier alpha value is -1.74. The van der Waals surface area contributed by atoms with Crippen LogP contribution in [0.2, 0.25) is 0 Å². The van der Waals surface area contributed by atoms with Crippen LogP contribution in [0, 0.1) is 0 Å². The Morgan fingerprint density at radius 3 is 1.46 bits per heavy atom. The lowest BCUT2D eigenvalue weighted by Crippen LogP contribution is -2.34. The fourth-order valence-electron chi connectivity index (χ4n) is 3.37. The summed E-state index contributed by atoms with van der Waals surface area (Å²) in [5.74, 6) is -0.743. The number of ether oxygens (including phenoxy) is 2. The lowest BCUT2D eigenvalue weighted by atomic mass is 10.0. The smallest absolute Gasteiger partial charge is 0.309 e. The zero-order chi connectivity index (χ0) is 26.3. The van der Waals surface area contributed by atoms with E-state index in [4.69, 9.17) is 20.9 Å². The molecule has 0 bridgehead atoms. The van der Waals surface area contributed by atoms with E-state index in [0.29, 0.717) is 19.3 Å². The van der Waals surface area contributed by atoms with Crippen LogP contribution in [0.4, 0.5) is 0 Å². The number of esters is 2. The summed E-state index contributed by atoms with van der Waals surface area (Å²) in [6, 6.07) is -0.497. The van der Waals surface area contributed by atoms with Crippen molar-refractivity contribution in [2.75, 3.05) is 13.2 Å². The van der Waals surface area contributed by atoms with Crippen molar-refractivity contribution in [1.82, 2.24) is 0 Å². The molecule has 0 aromatic heterocycles. The van der Waals surface area contributed by atoms with Crippen LogP contribution >= 0.6 is 0 Å². The third-order valence-corrected chi connectivity index (χ3v) is 5.74. The van der Waals surface area contributed by atoms with Crippen LogP contribution in [0.1, 0.15) is 97.3 Å². The zero-order valence-corrected chi connectivity index (χ0v) is 21.9. The maximum atomic E-state index is 11.7. The molecule has 0 saturated carbocycles. The van der Waals surface area contributed by atoms with Gasteiger partial charge in [0.05, 0.1) is 38.3 Å². The Morgan fingerprint density at radius 1 is 0.686 bits per heavy atom. The number of hydrogen-bond acceptors (Lipinski definition) is 8. The molecule has 0 aliphatic carbocycles. The van der Waals surface area contributed by atoms with Gasteiger partial charge in [-0.2, -0.15) is 0 Å². The highest BCUT2D eigenvalue weighted by molar-refractivity contribution is 5.71. The van der Waals surface area contributed by atoms with E-state index in [0.717, 1.165) is 51.4 Å². The molecular weight excluding hydrogens is 448 g/mol. The molecule has 8 heteroatoms. The van der Waals surface area contributed by atoms with Gasteiger partial charge in [-0.05, 0) is 25.7 Å². The predicted octanol–water partition coefficient (Wildman–Crippen LogP) is 3.67. The number of hydrogen-bond donors (Lipinski definition) is 4. The highest BCUT2D eigenvalue weighted by Crippen LogP contribution is 2.09. The molecular formula is C27H50N2O6. The molecule has 0 aliphatic heterocycles. The summed E-state index contributed by atoms with van der Waals surface area (Å²) in [6.45, 7) is 4.58. The van der Waals surface area contributed by atoms with Gasteiger partial charge in [0.1, 0.15) is 0 Å². The molecule has 0 aliphatic rings. The van der Waals surface area contributed by atoms with E-state index in [2.05, 4.69) is 13.8 Å². The van der Waals surface area contributed by atoms with E-state index in [1.165, 1.54) is 0 Å². The largest absolute Gasteiger partial charge is 0.465 e. The third kappa shape index (κ3) is 20.2. The van der Waals surface area contributed by atoms with E-state index in [1.807, 2.05) is 0 Å². The summed E-state index contributed by atoms with van der Waals surface area (Å²) in [5.41, 5.74) is 11.9. The van der Waals surface area contributed by atoms with Crippen LogP contribution < -0.4 is 11.5 Å². The van der Waals surface area contributed by atoms with Crippen LogP contribution in [-0.4, -0.2) is 59.7 Å². The molecule has 0 saturated heterocycles. The second-order valence-electron chi connectivity index (χ2n) is 9.07. The van der Waals surface area contributed by atoms with E-state index in [1.54, 1.807) is 24.3 Å². The molecule has 0 rings (SSSR count). The molecule has 0 aromatic carbocycles. The summed E-state index contributed by atoms with van der Waals surface area (Å²) in [7, 11) is 0. The van der Waals surface area contributed by atoms with Gasteiger partial charge in [-0.15, -0.1) is 0 Å². The van der Waals surface area contributed by atoms with Gasteiger partial charge in [0.25, 0.3) is 0 Å². The lowest BCUT2D eigenvalue weighted by molar-refractivity contribution is -0.145. The Morgan fingerprint density at radius 2 is 1.09 bits per heavy atom. The molecule has 0 amide bonds. The van der Waals surface area contributed by atoms with Crippen molar-refractivity contribution in [3.05, 3.63) is 24.3 Å². The number of carbonyl (C=O) groups excluding carboxylic acids is 2. The highest BCUT2D eigenvalue weighted by atomic mass is 16.5. The van der Waals surface area contributed by atoms with Gasteiger partial charge in [-0.3, -0.25) is 9.59 Å². The first-order chi connectivity index (χ1) is 16.8. The summed E-state index contributed by atoms with van der Waals surface area (Å²) < 4.78 is 10.2. The molecule has 0 heterocycles. The fraction of sp³-hybridized carbons (Fsp3) is 0.778. The quantitative estimate of drug-likeness (QED) is 0.100. The van der Waals surface area contributed by atoms with Crippen LogP contribution in [0.5, 0.6) is 0 Å². The predicted molar refractivity (Wildman–Crippen MR) is 140 cm³/mol. The number of rotatable bonds is 22. The second kappa shape index (κ2) is 22.7. The average molecular weight is 499 g/mol. The van der Waals surface area contributed by atoms with Gasteiger partial charge >= 0.3 is 11.9 Å². The lowest BCUT2D eigenvalue weighted by Gasteiger charge is -2.17. The maximum Gasteiger partial charge on any atom is 0.309 e. The zero-order valence-electron chi connectivity index (χ0n) is 21.9. The average Bonchev–Trinajstić information content (AvgIpc) is 2.84. The van der Waals surface area contributed by atoms with Gasteiger partial charge < -0.3 is 31.2 Å². The number of aliphatic hydroxyl groups excluding tert-OH is 2. The number of unbranched alkanes of at least 4 members (excludes halogenated alkanes) is 4. The molecule has 6 N–H and O–H groups in total. The van der Waals surface area contributed by atoms with E-state index < -0.39 is 12.2 Å². The minimum absolute atomic E-state index is 0.122. The van der Waals surface area contributed by atoms with E-state index in [9.17, 15) is 19.8 Å². The standard InChI is InChI=1S/C27H50N2O6/c1-3-5-7-14-22(28)24(30)16-9-11-18-26(32)34-20-13-21-35-27(33)19-12-10-17-25(31)23(29)15-8-6-4-2/h9-12,22-25,30-31H,3-8,13-21,28-29H2,1-2H3. The monoisotopic (exact) mass is 498 g/mol. The molecule has 0 radical (unpaired) electrons. The van der Waals surface area contributed by atoms with Crippen LogP contribution in [0.25, 0.3) is 0 Å². The Balaban J connectivity index is 3.78. The normalized spacial score (nSPS) is 15.3. The Labute approximate surface area is 212 Å². The topological polar surface area (TPSA) is 145 Å². The summed E-state index contributed by atoms with van der Waals surface area (Å²) in [4.78, 5) is 23.5. The number of nitrogens with two attached hydrogens (primary N) is 2. The molecule has 35 heavy (non-hydrogen) atoms. The minimum Gasteiger partial charge on any atom is -0.465 e. The van der Waals surface area contributed by atoms with Crippen molar-refractivity contribution >= 4 is 11.9 Å². The Bertz CT molecular complexity index is 546. The molecule has 0 fully saturated rings. The molecule has 4 unspecified atom stereocenters. The summed E-state index contributed by atoms with van der Waals surface area (Å²) in [6.07, 6.45) is 15.2. The molecule has 0 spiro atoms. The summed E-state index contributed by atoms with van der Waals surface area (Å²) in [5, 5.41) is 20.0. The van der Waals surface area contributed by atoms with Gasteiger partial charge in [0.15, 0.2) is 0 Å². The number of aliphatic hydroxyl groups is 2. The van der Waals surface area contributed by atoms with Gasteiger partial charge in [0, 0.05) is 18.5 Å². The molecule has 0 aromatic rings. The van der Waals surface area contributed by atoms with Crippen molar-refractivity contribution in [2.24, 2.45) is 11.5 Å². The Kier molecular flexibility index (Phi) is 21.6. The first-order valence-corrected chi connectivity index (χ1v) is 13.3. The SMILES string of the molecule is CCCCCC(N)C(O)CC=CCC(=O)OCCCOC(=O)CC=CCC(O)C(N)CCCCC. The van der Waals surface area contributed by atoms with Crippen molar-refractivity contribution in [2.45, 2.75) is 122 Å². The van der Waals surface area contributed by atoms with E-state index in [-0.39, 0.29) is 50.1 Å². The molecule has 4 atom stereocenters. The van der Waals surface area contributed by atoms with Gasteiger partial charge in [-0.25, -0.2) is 0 Å². The number of carbonyl (C=O) groups is 2. The van der Waals surface area contributed by atoms with Crippen LogP contribution in [0.15, 0.2) is 24.3 Å². The van der Waals surface area contributed by atoms with Crippen LogP contribution in [-0.2, 0) is 19.1 Å². The fourth-order valence-corrected chi connectivity index (χ4v) is 3.37. The molecule has 8 nitrogen and oxygen atoms in total. The van der Waals surface area contributed by atoms with E-state index >= 15 is 0 Å². The highest BCUT2D eigenvalue weighted by Gasteiger charge is 2.13. The maximum absolute atomic E-state index is 11.7. The van der Waals surface area contributed by atoms with Gasteiger partial charge in [0.2, 0.25) is 0 Å². The van der Waals surface area contributed by atoms with Crippen molar-refractivity contribution in [3.63, 3.8) is 0 Å². The minimum atomic E-state index is -0.609. The van der Waals surface area contributed by atoms with Crippen molar-refractivity contribution in [3.8, 4) is 0 Å². The summed E-state index contributed by atoms with van der Waals surface area (Å²) >= 11 is 0. The van der Waals surface area contributed by atoms with Crippen LogP contribution in [0.3, 0.4) is 0 Å². The first kappa shape index (κ1) is 33.3. The second-order valence-corrected chi connectivity index (χ2v) is 9.07. The van der Waals surface area contributed by atoms with Gasteiger partial charge in [-0.1, -0.05) is 76.7 Å². The third-order valence-electron chi connectivity index (χ3n) is 5.74.